The Morgan fingerprint density at radius 2 is 1.91 bits per heavy atom. The molecule has 1 heterocycles. The van der Waals surface area contributed by atoms with Gasteiger partial charge >= 0.3 is 0 Å². The highest BCUT2D eigenvalue weighted by molar-refractivity contribution is 9.10. The minimum atomic E-state index is -0.608. The van der Waals surface area contributed by atoms with E-state index in [1.54, 1.807) is 18.2 Å². The Kier molecular flexibility index (Phi) is 7.67. The summed E-state index contributed by atoms with van der Waals surface area (Å²) in [5, 5.41) is 1.93. The van der Waals surface area contributed by atoms with E-state index in [1.165, 1.54) is 18.2 Å². The van der Waals surface area contributed by atoms with Crippen molar-refractivity contribution in [3.05, 3.63) is 98.6 Å². The first-order valence-electron chi connectivity index (χ1n) is 10.6. The van der Waals surface area contributed by atoms with Gasteiger partial charge in [0.15, 0.2) is 0 Å². The first-order valence-corrected chi connectivity index (χ1v) is 12.2. The number of nitrogens with one attached hydrogen (secondary N) is 1. The van der Waals surface area contributed by atoms with Crippen LogP contribution in [0.5, 0.6) is 5.75 Å². The van der Waals surface area contributed by atoms with Gasteiger partial charge in [-0.1, -0.05) is 51.8 Å². The van der Waals surface area contributed by atoms with Gasteiger partial charge in [0.2, 0.25) is 5.91 Å². The van der Waals surface area contributed by atoms with Crippen LogP contribution in [0, 0.1) is 12.7 Å². The summed E-state index contributed by atoms with van der Waals surface area (Å²) in [5.41, 5.74) is 2.98. The third-order valence-corrected chi connectivity index (χ3v) is 6.42. The van der Waals surface area contributed by atoms with Crippen LogP contribution in [-0.2, 0) is 16.2 Å². The SMILES string of the molecule is Cc1cccc(COc2ccc(Br)cc2/C=C2/SC(=O)N(CC(=O)Nc3cccc(F)c3)C2=O)c1. The summed E-state index contributed by atoms with van der Waals surface area (Å²) < 4.78 is 20.1. The molecule has 35 heavy (non-hydrogen) atoms. The summed E-state index contributed by atoms with van der Waals surface area (Å²) in [5.74, 6) is -1.15. The van der Waals surface area contributed by atoms with Crippen molar-refractivity contribution in [1.29, 1.82) is 0 Å². The number of ether oxygens (including phenoxy) is 1. The third-order valence-electron chi connectivity index (χ3n) is 5.02. The van der Waals surface area contributed by atoms with Crippen molar-refractivity contribution in [2.45, 2.75) is 13.5 Å². The molecule has 1 aliphatic rings. The quantitative estimate of drug-likeness (QED) is 0.354. The van der Waals surface area contributed by atoms with E-state index in [2.05, 4.69) is 21.2 Å². The molecule has 0 saturated carbocycles. The summed E-state index contributed by atoms with van der Waals surface area (Å²) in [7, 11) is 0. The molecule has 6 nitrogen and oxygen atoms in total. The fourth-order valence-corrected chi connectivity index (χ4v) is 4.62. The summed E-state index contributed by atoms with van der Waals surface area (Å²) in [6, 6.07) is 18.7. The van der Waals surface area contributed by atoms with E-state index in [-0.39, 0.29) is 10.6 Å². The van der Waals surface area contributed by atoms with Gasteiger partial charge < -0.3 is 10.1 Å². The summed E-state index contributed by atoms with van der Waals surface area (Å²) in [6.45, 7) is 1.86. The highest BCUT2D eigenvalue weighted by Gasteiger charge is 2.36. The highest BCUT2D eigenvalue weighted by atomic mass is 79.9. The monoisotopic (exact) mass is 554 g/mol. The molecule has 1 fully saturated rings. The van der Waals surface area contributed by atoms with Crippen LogP contribution in [0.1, 0.15) is 16.7 Å². The van der Waals surface area contributed by atoms with E-state index >= 15 is 0 Å². The smallest absolute Gasteiger partial charge is 0.294 e. The number of halogens is 2. The second kappa shape index (κ2) is 10.9. The Labute approximate surface area is 214 Å². The summed E-state index contributed by atoms with van der Waals surface area (Å²) >= 11 is 4.17. The Morgan fingerprint density at radius 1 is 1.11 bits per heavy atom. The van der Waals surface area contributed by atoms with Gasteiger partial charge in [-0.2, -0.15) is 0 Å². The zero-order chi connectivity index (χ0) is 24.9. The zero-order valence-electron chi connectivity index (χ0n) is 18.6. The minimum absolute atomic E-state index is 0.173. The molecule has 1 N–H and O–H groups in total. The molecule has 0 bridgehead atoms. The van der Waals surface area contributed by atoms with Crippen molar-refractivity contribution in [2.24, 2.45) is 0 Å². The molecule has 9 heteroatoms. The molecule has 0 radical (unpaired) electrons. The van der Waals surface area contributed by atoms with Gasteiger partial charge in [0.05, 0.1) is 4.91 Å². The van der Waals surface area contributed by atoms with E-state index in [4.69, 9.17) is 4.74 Å². The second-order valence-electron chi connectivity index (χ2n) is 7.79. The lowest BCUT2D eigenvalue weighted by atomic mass is 10.1. The number of carbonyl (C=O) groups is 3. The van der Waals surface area contributed by atoms with Crippen molar-refractivity contribution in [2.75, 3.05) is 11.9 Å². The normalized spacial score (nSPS) is 14.5. The Bertz CT molecular complexity index is 1340. The van der Waals surface area contributed by atoms with Crippen LogP contribution in [-0.4, -0.2) is 28.5 Å². The Hall–Kier alpha value is -3.43. The molecular formula is C26H20BrFN2O4S. The second-order valence-corrected chi connectivity index (χ2v) is 9.70. The minimum Gasteiger partial charge on any atom is -0.488 e. The average molecular weight is 555 g/mol. The lowest BCUT2D eigenvalue weighted by Crippen LogP contribution is -2.36. The number of carbonyl (C=O) groups excluding carboxylic acids is 3. The number of rotatable bonds is 7. The molecule has 0 aromatic heterocycles. The largest absolute Gasteiger partial charge is 0.488 e. The number of amides is 3. The molecule has 4 rings (SSSR count). The maximum atomic E-state index is 13.3. The highest BCUT2D eigenvalue weighted by Crippen LogP contribution is 2.35. The van der Waals surface area contributed by atoms with Gasteiger partial charge in [-0.05, 0) is 66.7 Å². The number of anilines is 1. The third kappa shape index (κ3) is 6.37. The Balaban J connectivity index is 1.48. The lowest BCUT2D eigenvalue weighted by molar-refractivity contribution is -0.127. The molecule has 178 valence electrons. The van der Waals surface area contributed by atoms with Gasteiger partial charge in [-0.15, -0.1) is 0 Å². The molecule has 1 saturated heterocycles. The van der Waals surface area contributed by atoms with E-state index in [0.717, 1.165) is 38.3 Å². The van der Waals surface area contributed by atoms with Crippen LogP contribution in [0.15, 0.2) is 76.1 Å². The van der Waals surface area contributed by atoms with Crippen molar-refractivity contribution < 1.29 is 23.5 Å². The van der Waals surface area contributed by atoms with E-state index in [9.17, 15) is 18.8 Å². The first-order chi connectivity index (χ1) is 16.8. The van der Waals surface area contributed by atoms with Gasteiger partial charge in [0, 0.05) is 15.7 Å². The fraction of sp³-hybridized carbons (Fsp3) is 0.115. The summed E-state index contributed by atoms with van der Waals surface area (Å²) in [6.07, 6.45) is 1.58. The fourth-order valence-electron chi connectivity index (χ4n) is 3.41. The number of benzene rings is 3. The molecular weight excluding hydrogens is 535 g/mol. The van der Waals surface area contributed by atoms with Crippen LogP contribution in [0.25, 0.3) is 6.08 Å². The number of thioether (sulfide) groups is 1. The molecule has 3 amide bonds. The maximum Gasteiger partial charge on any atom is 0.294 e. The number of imide groups is 1. The predicted molar refractivity (Wildman–Crippen MR) is 137 cm³/mol. The van der Waals surface area contributed by atoms with E-state index < -0.39 is 29.4 Å². The van der Waals surface area contributed by atoms with Gasteiger partial charge in [-0.25, -0.2) is 4.39 Å². The lowest BCUT2D eigenvalue weighted by Gasteiger charge is -2.13. The standard InChI is InChI=1S/C26H20BrFN2O4S/c1-16-4-2-5-17(10-16)15-34-22-9-8-19(27)11-18(22)12-23-25(32)30(26(33)35-23)14-24(31)29-21-7-3-6-20(28)13-21/h2-13H,14-15H2,1H3,(H,29,31)/b23-12+. The van der Waals surface area contributed by atoms with Crippen LogP contribution in [0.3, 0.4) is 0 Å². The maximum absolute atomic E-state index is 13.3. The first kappa shape index (κ1) is 24.7. The molecule has 0 unspecified atom stereocenters. The van der Waals surface area contributed by atoms with Crippen molar-refractivity contribution >= 4 is 56.5 Å². The van der Waals surface area contributed by atoms with Gasteiger partial charge in [-0.3, -0.25) is 19.3 Å². The van der Waals surface area contributed by atoms with Crippen molar-refractivity contribution in [3.8, 4) is 5.75 Å². The average Bonchev–Trinajstić information content (AvgIpc) is 3.06. The number of nitrogens with zero attached hydrogens (tertiary/aromatic N) is 1. The predicted octanol–water partition coefficient (Wildman–Crippen LogP) is 6.15. The molecule has 3 aromatic rings. The molecule has 0 spiro atoms. The summed E-state index contributed by atoms with van der Waals surface area (Å²) in [4.78, 5) is 38.7. The number of hydrogen-bond donors (Lipinski definition) is 1. The van der Waals surface area contributed by atoms with Gasteiger partial charge in [0.25, 0.3) is 11.1 Å². The molecule has 3 aromatic carbocycles. The number of hydrogen-bond acceptors (Lipinski definition) is 5. The van der Waals surface area contributed by atoms with E-state index in [0.29, 0.717) is 17.9 Å². The zero-order valence-corrected chi connectivity index (χ0v) is 21.0. The van der Waals surface area contributed by atoms with Crippen LogP contribution in [0.2, 0.25) is 0 Å². The molecule has 0 atom stereocenters. The van der Waals surface area contributed by atoms with Gasteiger partial charge in [0.1, 0.15) is 24.7 Å². The van der Waals surface area contributed by atoms with Crippen LogP contribution in [0.4, 0.5) is 14.9 Å². The van der Waals surface area contributed by atoms with Crippen molar-refractivity contribution in [1.82, 2.24) is 4.90 Å². The molecule has 0 aliphatic carbocycles. The topological polar surface area (TPSA) is 75.7 Å². The Morgan fingerprint density at radius 3 is 2.69 bits per heavy atom. The number of aryl methyl sites for hydroxylation is 1. The van der Waals surface area contributed by atoms with Crippen LogP contribution >= 0.6 is 27.7 Å². The van der Waals surface area contributed by atoms with Crippen LogP contribution < -0.4 is 10.1 Å². The van der Waals surface area contributed by atoms with Crippen molar-refractivity contribution in [3.63, 3.8) is 0 Å². The molecule has 1 aliphatic heterocycles. The van der Waals surface area contributed by atoms with E-state index in [1.807, 2.05) is 37.3 Å².